The van der Waals surface area contributed by atoms with E-state index in [2.05, 4.69) is 20.1 Å². The number of oxazole rings is 2. The number of benzene rings is 2. The maximum atomic E-state index is 12.9. The quantitative estimate of drug-likeness (QED) is 0.115. The molecule has 1 amide bonds. The first-order chi connectivity index (χ1) is 21.7. The van der Waals surface area contributed by atoms with Crippen molar-refractivity contribution in [3.05, 3.63) is 95.5 Å². The Morgan fingerprint density at radius 3 is 1.83 bits per heavy atom. The lowest BCUT2D eigenvalue weighted by molar-refractivity contribution is -0.137. The van der Waals surface area contributed by atoms with Crippen LogP contribution in [0.25, 0.3) is 27.8 Å². The number of carboxylic acids is 1. The van der Waals surface area contributed by atoms with Gasteiger partial charge in [-0.05, 0) is 61.5 Å². The van der Waals surface area contributed by atoms with E-state index in [0.29, 0.717) is 86.0 Å². The van der Waals surface area contributed by atoms with Crippen molar-refractivity contribution in [1.29, 1.82) is 5.26 Å². The summed E-state index contributed by atoms with van der Waals surface area (Å²) in [7, 11) is 0. The lowest BCUT2D eigenvalue weighted by Gasteiger charge is -2.01. The lowest BCUT2D eigenvalue weighted by atomic mass is 10.2. The molecule has 0 aliphatic carbocycles. The van der Waals surface area contributed by atoms with Crippen molar-refractivity contribution < 1.29 is 32.3 Å². The molecule has 4 aromatic rings. The van der Waals surface area contributed by atoms with Crippen LogP contribution in [0.1, 0.15) is 43.5 Å². The summed E-state index contributed by atoms with van der Waals surface area (Å²) in [5.41, 5.74) is 7.67. The van der Waals surface area contributed by atoms with Crippen molar-refractivity contribution in [3.8, 4) is 29.0 Å². The van der Waals surface area contributed by atoms with Gasteiger partial charge in [-0.1, -0.05) is 0 Å². The second-order valence-electron chi connectivity index (χ2n) is 9.33. The number of halogens is 3. The van der Waals surface area contributed by atoms with E-state index in [-0.39, 0.29) is 36.4 Å². The number of rotatable bonds is 13. The number of hydrogen-bond acceptors (Lipinski definition) is 8. The lowest BCUT2D eigenvalue weighted by Crippen LogP contribution is -2.24. The highest BCUT2D eigenvalue weighted by Gasteiger charge is 2.10. The Balaban J connectivity index is 0.000000392. The SMILES string of the molecule is Cl.N#CCCCNC(=O)CCc1coc(-c2ccc(F)cc2)n1.O=C(O)CCc1coc(-c2ccc(F)cc2)n1.[C-]#[N+]CCCN. The Morgan fingerprint density at radius 2 is 1.41 bits per heavy atom. The summed E-state index contributed by atoms with van der Waals surface area (Å²) in [6.45, 7) is 8.00. The van der Waals surface area contributed by atoms with Crippen LogP contribution in [0.4, 0.5) is 8.78 Å². The van der Waals surface area contributed by atoms with Crippen molar-refractivity contribution >= 4 is 24.3 Å². The van der Waals surface area contributed by atoms with Gasteiger partial charge in [-0.2, -0.15) is 5.26 Å². The Morgan fingerprint density at radius 1 is 0.913 bits per heavy atom. The van der Waals surface area contributed by atoms with Gasteiger partial charge in [0.15, 0.2) is 0 Å². The average molecular weight is 657 g/mol. The predicted octanol–water partition coefficient (Wildman–Crippen LogP) is 6.01. The predicted molar refractivity (Wildman–Crippen MR) is 168 cm³/mol. The third kappa shape index (κ3) is 15.6. The molecule has 0 radical (unpaired) electrons. The van der Waals surface area contributed by atoms with E-state index in [1.165, 1.54) is 36.8 Å². The number of carboxylic acid groups (broad SMARTS) is 1. The summed E-state index contributed by atoms with van der Waals surface area (Å²) in [6, 6.07) is 13.6. The Bertz CT molecular complexity index is 1550. The number of hydrogen-bond donors (Lipinski definition) is 3. The standard InChI is InChI=1S/C16H16FN3O2.C12H10FNO3.C4H8N2.ClH/c17-13-5-3-12(4-6-13)16-20-14(11-22-16)7-8-15(21)19-10-2-1-9-18;13-9-3-1-8(2-4-9)12-14-10(7-17-12)5-6-11(15)16;1-6-4-2-3-5;/h3-6,11H,1-2,7-8,10H2,(H,19,21);1-4,7H,5-6H2,(H,15,16);2-5H2;1H. The van der Waals surface area contributed by atoms with Crippen molar-refractivity contribution in [2.75, 3.05) is 19.6 Å². The number of aryl methyl sites for hydroxylation is 2. The molecule has 0 spiro atoms. The molecule has 0 unspecified atom stereocenters. The third-order valence-electron chi connectivity index (χ3n) is 5.75. The summed E-state index contributed by atoms with van der Waals surface area (Å²) >= 11 is 0. The number of nitrogens with zero attached hydrogens (tertiary/aromatic N) is 4. The van der Waals surface area contributed by atoms with Crippen LogP contribution in [0, 0.1) is 29.5 Å². The van der Waals surface area contributed by atoms with E-state index in [9.17, 15) is 18.4 Å². The van der Waals surface area contributed by atoms with E-state index in [1.807, 2.05) is 6.07 Å². The first-order valence-electron chi connectivity index (χ1n) is 14.0. The Labute approximate surface area is 271 Å². The van der Waals surface area contributed by atoms with Gasteiger partial charge >= 0.3 is 5.97 Å². The van der Waals surface area contributed by atoms with Crippen molar-refractivity contribution in [2.45, 2.75) is 44.9 Å². The Kier molecular flexibility index (Phi) is 19.0. The van der Waals surface area contributed by atoms with Crippen LogP contribution in [-0.2, 0) is 22.4 Å². The highest BCUT2D eigenvalue weighted by atomic mass is 35.5. The average Bonchev–Trinajstić information content (AvgIpc) is 3.72. The molecule has 2 aromatic heterocycles. The van der Waals surface area contributed by atoms with Crippen LogP contribution in [0.3, 0.4) is 0 Å². The van der Waals surface area contributed by atoms with Gasteiger partial charge in [0, 0.05) is 49.8 Å². The maximum absolute atomic E-state index is 12.9. The zero-order chi connectivity index (χ0) is 32.9. The number of nitriles is 1. The summed E-state index contributed by atoms with van der Waals surface area (Å²) in [4.78, 5) is 33.5. The molecule has 4 rings (SSSR count). The van der Waals surface area contributed by atoms with E-state index < -0.39 is 5.97 Å². The summed E-state index contributed by atoms with van der Waals surface area (Å²) < 4.78 is 36.1. The van der Waals surface area contributed by atoms with E-state index in [1.54, 1.807) is 24.3 Å². The molecular formula is C32H35ClF2N6O5. The van der Waals surface area contributed by atoms with Crippen LogP contribution in [0.15, 0.2) is 69.9 Å². The summed E-state index contributed by atoms with van der Waals surface area (Å²) in [5.74, 6) is -0.828. The molecule has 0 bridgehead atoms. The minimum atomic E-state index is -0.878. The number of aliphatic carboxylic acids is 1. The van der Waals surface area contributed by atoms with Crippen LogP contribution < -0.4 is 11.1 Å². The van der Waals surface area contributed by atoms with E-state index in [0.717, 1.165) is 6.42 Å². The smallest absolute Gasteiger partial charge is 0.303 e. The van der Waals surface area contributed by atoms with Crippen LogP contribution >= 0.6 is 12.4 Å². The largest absolute Gasteiger partial charge is 0.481 e. The molecule has 11 nitrogen and oxygen atoms in total. The molecule has 244 valence electrons. The zero-order valence-electron chi connectivity index (χ0n) is 25.0. The number of amides is 1. The first-order valence-corrected chi connectivity index (χ1v) is 14.0. The molecule has 0 aliphatic rings. The fourth-order valence-electron chi connectivity index (χ4n) is 3.42. The number of carbonyl (C=O) groups is 2. The molecule has 0 aliphatic heterocycles. The van der Waals surface area contributed by atoms with Gasteiger partial charge < -0.3 is 29.8 Å². The van der Waals surface area contributed by atoms with Gasteiger partial charge in [0.05, 0.1) is 23.9 Å². The Hall–Kier alpha value is -5.11. The topological polar surface area (TPSA) is 173 Å². The van der Waals surface area contributed by atoms with Gasteiger partial charge in [-0.3, -0.25) is 9.59 Å². The summed E-state index contributed by atoms with van der Waals surface area (Å²) in [5, 5.41) is 19.7. The molecule has 2 heterocycles. The van der Waals surface area contributed by atoms with Gasteiger partial charge in [-0.15, -0.1) is 12.4 Å². The normalized spacial score (nSPS) is 9.67. The third-order valence-corrected chi connectivity index (χ3v) is 5.75. The van der Waals surface area contributed by atoms with Crippen LogP contribution in [0.2, 0.25) is 0 Å². The minimum absolute atomic E-state index is 0. The zero-order valence-corrected chi connectivity index (χ0v) is 25.8. The molecule has 0 fully saturated rings. The van der Waals surface area contributed by atoms with Gasteiger partial charge in [0.1, 0.15) is 24.2 Å². The number of aromatic nitrogens is 2. The van der Waals surface area contributed by atoms with Gasteiger partial charge in [0.2, 0.25) is 24.2 Å². The van der Waals surface area contributed by atoms with Crippen LogP contribution in [-0.4, -0.2) is 46.6 Å². The number of nitrogens with two attached hydrogens (primary N) is 1. The molecule has 46 heavy (non-hydrogen) atoms. The van der Waals surface area contributed by atoms with Crippen molar-refractivity contribution in [2.24, 2.45) is 5.73 Å². The number of unbranched alkanes of at least 4 members (excludes halogenated alkanes) is 1. The maximum Gasteiger partial charge on any atom is 0.303 e. The minimum Gasteiger partial charge on any atom is -0.481 e. The number of nitrogens with one attached hydrogen (secondary N) is 1. The second-order valence-corrected chi connectivity index (χ2v) is 9.33. The van der Waals surface area contributed by atoms with Crippen LogP contribution in [0.5, 0.6) is 0 Å². The molecule has 4 N–H and O–H groups in total. The summed E-state index contributed by atoms with van der Waals surface area (Å²) in [6.07, 6.45) is 5.95. The second kappa shape index (κ2) is 22.4. The monoisotopic (exact) mass is 656 g/mol. The molecular weight excluding hydrogens is 622 g/mol. The number of carbonyl (C=O) groups excluding carboxylic acids is 1. The molecule has 0 saturated heterocycles. The van der Waals surface area contributed by atoms with E-state index in [4.69, 9.17) is 31.5 Å². The van der Waals surface area contributed by atoms with E-state index >= 15 is 0 Å². The highest BCUT2D eigenvalue weighted by molar-refractivity contribution is 5.85. The molecule has 0 atom stereocenters. The highest BCUT2D eigenvalue weighted by Crippen LogP contribution is 2.20. The van der Waals surface area contributed by atoms with Gasteiger partial charge in [0.25, 0.3) is 0 Å². The van der Waals surface area contributed by atoms with Gasteiger partial charge in [-0.25, -0.2) is 25.3 Å². The fourth-order valence-corrected chi connectivity index (χ4v) is 3.42. The van der Waals surface area contributed by atoms with Crippen molar-refractivity contribution in [3.63, 3.8) is 0 Å². The molecule has 2 aromatic carbocycles. The molecule has 0 saturated carbocycles. The van der Waals surface area contributed by atoms with Crippen molar-refractivity contribution in [1.82, 2.24) is 15.3 Å². The molecule has 14 heteroatoms. The first kappa shape index (κ1) is 38.9. The fraction of sp³-hybridized carbons (Fsp3) is 0.312.